The number of carboxylic acid groups (broad SMARTS) is 1. The standard InChI is InChI=1S/C16H26N2O3/c1-11(12-5-2-3-6-12)17-15(21)18-9-13-7-4-8-16(13,10-18)14(19)20/h11-13H,2-10H2,1H3,(H,17,21)(H,19,20)/t11-,13+,16-/m1/s1. The number of carbonyl (C=O) groups is 2. The van der Waals surface area contributed by atoms with Crippen LogP contribution in [0.2, 0.25) is 0 Å². The van der Waals surface area contributed by atoms with Crippen molar-refractivity contribution in [1.82, 2.24) is 10.2 Å². The van der Waals surface area contributed by atoms with Gasteiger partial charge in [0.05, 0.1) is 5.41 Å². The van der Waals surface area contributed by atoms with E-state index in [-0.39, 0.29) is 18.0 Å². The maximum atomic E-state index is 12.4. The van der Waals surface area contributed by atoms with Crippen molar-refractivity contribution in [3.8, 4) is 0 Å². The Balaban J connectivity index is 1.60. The molecule has 0 aromatic carbocycles. The lowest BCUT2D eigenvalue weighted by Crippen LogP contribution is -2.46. The third-order valence-electron chi connectivity index (χ3n) is 6.04. The number of hydrogen-bond acceptors (Lipinski definition) is 2. The number of nitrogens with one attached hydrogen (secondary N) is 1. The SMILES string of the molecule is C[C@@H](NC(=O)N1C[C@@H]2CCC[C@@]2(C(=O)O)C1)C1CCCC1. The van der Waals surface area contributed by atoms with E-state index in [9.17, 15) is 14.7 Å². The zero-order valence-corrected chi connectivity index (χ0v) is 12.8. The Labute approximate surface area is 126 Å². The Morgan fingerprint density at radius 3 is 2.57 bits per heavy atom. The number of rotatable bonds is 3. The summed E-state index contributed by atoms with van der Waals surface area (Å²) in [6.45, 7) is 3.07. The second-order valence-corrected chi connectivity index (χ2v) is 7.21. The van der Waals surface area contributed by atoms with E-state index in [2.05, 4.69) is 12.2 Å². The first-order chi connectivity index (χ1) is 10.0. The quantitative estimate of drug-likeness (QED) is 0.840. The van der Waals surface area contributed by atoms with Gasteiger partial charge < -0.3 is 15.3 Å². The van der Waals surface area contributed by atoms with E-state index in [1.54, 1.807) is 4.90 Å². The second kappa shape index (κ2) is 5.50. The molecule has 5 heteroatoms. The maximum Gasteiger partial charge on any atom is 0.317 e. The molecule has 0 aromatic heterocycles. The smallest absolute Gasteiger partial charge is 0.317 e. The van der Waals surface area contributed by atoms with Crippen LogP contribution in [0.15, 0.2) is 0 Å². The van der Waals surface area contributed by atoms with Crippen LogP contribution in [0.4, 0.5) is 4.79 Å². The maximum absolute atomic E-state index is 12.4. The van der Waals surface area contributed by atoms with Gasteiger partial charge in [-0.1, -0.05) is 19.3 Å². The molecule has 0 unspecified atom stereocenters. The summed E-state index contributed by atoms with van der Waals surface area (Å²) in [5.41, 5.74) is -0.673. The van der Waals surface area contributed by atoms with Crippen molar-refractivity contribution in [1.29, 1.82) is 0 Å². The average Bonchev–Trinajstić information content (AvgIpc) is 3.13. The molecule has 2 aliphatic carbocycles. The molecule has 1 heterocycles. The summed E-state index contributed by atoms with van der Waals surface area (Å²) in [6.07, 6.45) is 7.55. The minimum Gasteiger partial charge on any atom is -0.481 e. The van der Waals surface area contributed by atoms with Gasteiger partial charge in [0.25, 0.3) is 0 Å². The number of nitrogens with zero attached hydrogens (tertiary/aromatic N) is 1. The van der Waals surface area contributed by atoms with Gasteiger partial charge in [0.1, 0.15) is 0 Å². The van der Waals surface area contributed by atoms with Gasteiger partial charge in [-0.05, 0) is 44.4 Å². The number of carboxylic acids is 1. The third-order valence-corrected chi connectivity index (χ3v) is 6.04. The molecule has 0 radical (unpaired) electrons. The predicted molar refractivity (Wildman–Crippen MR) is 78.9 cm³/mol. The summed E-state index contributed by atoms with van der Waals surface area (Å²) in [5, 5.41) is 12.7. The monoisotopic (exact) mass is 294 g/mol. The van der Waals surface area contributed by atoms with Gasteiger partial charge >= 0.3 is 12.0 Å². The lowest BCUT2D eigenvalue weighted by atomic mass is 9.81. The Kier molecular flexibility index (Phi) is 3.84. The van der Waals surface area contributed by atoms with Crippen LogP contribution < -0.4 is 5.32 Å². The van der Waals surface area contributed by atoms with Crippen LogP contribution in [0.3, 0.4) is 0 Å². The number of aliphatic carboxylic acids is 1. The van der Waals surface area contributed by atoms with Crippen molar-refractivity contribution < 1.29 is 14.7 Å². The molecule has 3 fully saturated rings. The number of carbonyl (C=O) groups excluding carboxylic acids is 1. The lowest BCUT2D eigenvalue weighted by Gasteiger charge is -2.26. The van der Waals surface area contributed by atoms with Crippen LogP contribution in [-0.4, -0.2) is 41.1 Å². The Morgan fingerprint density at radius 2 is 1.95 bits per heavy atom. The van der Waals surface area contributed by atoms with Crippen molar-refractivity contribution in [3.63, 3.8) is 0 Å². The summed E-state index contributed by atoms with van der Waals surface area (Å²) < 4.78 is 0. The van der Waals surface area contributed by atoms with Crippen molar-refractivity contribution >= 4 is 12.0 Å². The molecular formula is C16H26N2O3. The van der Waals surface area contributed by atoms with Crippen LogP contribution in [0.5, 0.6) is 0 Å². The first-order valence-electron chi connectivity index (χ1n) is 8.32. The molecule has 3 aliphatic rings. The highest BCUT2D eigenvalue weighted by Crippen LogP contribution is 2.48. The highest BCUT2D eigenvalue weighted by atomic mass is 16.4. The van der Waals surface area contributed by atoms with Crippen LogP contribution in [0.1, 0.15) is 51.9 Å². The van der Waals surface area contributed by atoms with Crippen molar-refractivity contribution in [2.24, 2.45) is 17.3 Å². The van der Waals surface area contributed by atoms with Gasteiger partial charge in [0.2, 0.25) is 0 Å². The number of fused-ring (bicyclic) bond motifs is 1. The molecule has 0 aromatic rings. The lowest BCUT2D eigenvalue weighted by molar-refractivity contribution is -0.149. The minimum absolute atomic E-state index is 0.0653. The topological polar surface area (TPSA) is 69.6 Å². The molecule has 3 atom stereocenters. The molecule has 1 saturated heterocycles. The number of hydrogen-bond donors (Lipinski definition) is 2. The van der Waals surface area contributed by atoms with Gasteiger partial charge in [-0.15, -0.1) is 0 Å². The summed E-state index contributed by atoms with van der Waals surface area (Å²) in [7, 11) is 0. The molecule has 118 valence electrons. The second-order valence-electron chi connectivity index (χ2n) is 7.21. The van der Waals surface area contributed by atoms with Crippen LogP contribution in [0, 0.1) is 17.3 Å². The van der Waals surface area contributed by atoms with Gasteiger partial charge in [-0.3, -0.25) is 4.79 Å². The molecule has 3 rings (SSSR count). The van der Waals surface area contributed by atoms with Gasteiger partial charge in [-0.25, -0.2) is 4.79 Å². The summed E-state index contributed by atoms with van der Waals surface area (Å²) >= 11 is 0. The number of amides is 2. The van der Waals surface area contributed by atoms with E-state index in [1.807, 2.05) is 0 Å². The zero-order valence-electron chi connectivity index (χ0n) is 12.8. The Hall–Kier alpha value is -1.26. The number of likely N-dealkylation sites (tertiary alicyclic amines) is 1. The molecule has 5 nitrogen and oxygen atoms in total. The van der Waals surface area contributed by atoms with Crippen molar-refractivity contribution in [2.45, 2.75) is 57.9 Å². The molecule has 2 N–H and O–H groups in total. The van der Waals surface area contributed by atoms with E-state index in [0.29, 0.717) is 19.0 Å². The normalized spacial score (nSPS) is 34.0. The van der Waals surface area contributed by atoms with Crippen molar-refractivity contribution in [2.75, 3.05) is 13.1 Å². The fraction of sp³-hybridized carbons (Fsp3) is 0.875. The first-order valence-corrected chi connectivity index (χ1v) is 8.32. The first kappa shape index (κ1) is 14.7. The third kappa shape index (κ3) is 2.51. The Bertz CT molecular complexity index is 433. The van der Waals surface area contributed by atoms with E-state index in [0.717, 1.165) is 19.3 Å². The molecular weight excluding hydrogens is 268 g/mol. The zero-order chi connectivity index (χ0) is 15.0. The van der Waals surface area contributed by atoms with Crippen LogP contribution in [0.25, 0.3) is 0 Å². The Morgan fingerprint density at radius 1 is 1.24 bits per heavy atom. The summed E-state index contributed by atoms with van der Waals surface area (Å²) in [4.78, 5) is 25.8. The largest absolute Gasteiger partial charge is 0.481 e. The van der Waals surface area contributed by atoms with E-state index < -0.39 is 11.4 Å². The number of urea groups is 1. The highest BCUT2D eigenvalue weighted by molar-refractivity contribution is 5.80. The minimum atomic E-state index is -0.718. The summed E-state index contributed by atoms with van der Waals surface area (Å²) in [5.74, 6) is 0.0103. The van der Waals surface area contributed by atoms with E-state index in [4.69, 9.17) is 0 Å². The van der Waals surface area contributed by atoms with Crippen LogP contribution >= 0.6 is 0 Å². The molecule has 0 spiro atoms. The molecule has 2 amide bonds. The van der Waals surface area contributed by atoms with Gasteiger partial charge in [0.15, 0.2) is 0 Å². The fourth-order valence-corrected chi connectivity index (χ4v) is 4.65. The predicted octanol–water partition coefficient (Wildman–Crippen LogP) is 2.46. The van der Waals surface area contributed by atoms with E-state index in [1.165, 1.54) is 25.7 Å². The van der Waals surface area contributed by atoms with Crippen molar-refractivity contribution in [3.05, 3.63) is 0 Å². The van der Waals surface area contributed by atoms with Gasteiger partial charge in [-0.2, -0.15) is 0 Å². The molecule has 0 bridgehead atoms. The average molecular weight is 294 g/mol. The molecule has 21 heavy (non-hydrogen) atoms. The fourth-order valence-electron chi connectivity index (χ4n) is 4.65. The molecule has 2 saturated carbocycles. The van der Waals surface area contributed by atoms with Gasteiger partial charge in [0, 0.05) is 19.1 Å². The summed E-state index contributed by atoms with van der Waals surface area (Å²) in [6, 6.07) is 0.130. The van der Waals surface area contributed by atoms with Crippen LogP contribution in [-0.2, 0) is 4.79 Å². The highest BCUT2D eigenvalue weighted by Gasteiger charge is 2.55. The molecule has 1 aliphatic heterocycles. The van der Waals surface area contributed by atoms with E-state index >= 15 is 0 Å².